The van der Waals surface area contributed by atoms with Gasteiger partial charge in [-0.05, 0) is 12.8 Å². The van der Waals surface area contributed by atoms with Crippen LogP contribution < -0.4 is 5.32 Å². The highest BCUT2D eigenvalue weighted by atomic mass is 16.4. The molecule has 1 atom stereocenters. The molecule has 0 bridgehead atoms. The van der Waals surface area contributed by atoms with Crippen molar-refractivity contribution in [3.8, 4) is 0 Å². The molecule has 5 heteroatoms. The number of carboxylic acid groups (broad SMARTS) is 1. The van der Waals surface area contributed by atoms with E-state index in [1.807, 2.05) is 0 Å². The van der Waals surface area contributed by atoms with Crippen molar-refractivity contribution in [1.82, 2.24) is 5.32 Å². The maximum atomic E-state index is 10.3. The van der Waals surface area contributed by atoms with E-state index >= 15 is 0 Å². The molecule has 0 fully saturated rings. The molecule has 0 heterocycles. The van der Waals surface area contributed by atoms with Crippen LogP contribution in [0.3, 0.4) is 0 Å². The number of nitrogens with one attached hydrogen (secondary N) is 1. The fourth-order valence-corrected chi connectivity index (χ4v) is 4.70. The summed E-state index contributed by atoms with van der Waals surface area (Å²) in [4.78, 5) is 10.3. The highest BCUT2D eigenvalue weighted by Gasteiger charge is 2.05. The molecule has 0 saturated carbocycles. The molecule has 0 radical (unpaired) electrons. The zero-order valence-corrected chi connectivity index (χ0v) is 25.1. The quantitative estimate of drug-likeness (QED) is 0.0727. The molecule has 0 rings (SSSR count). The van der Waals surface area contributed by atoms with Gasteiger partial charge < -0.3 is 20.6 Å². The molecule has 0 aliphatic heterocycles. The monoisotopic (exact) mass is 530 g/mol. The van der Waals surface area contributed by atoms with Crippen LogP contribution in [-0.2, 0) is 4.79 Å². The first kappa shape index (κ1) is 38.5. The Morgan fingerprint density at radius 2 is 0.919 bits per heavy atom. The third-order valence-electron chi connectivity index (χ3n) is 7.17. The summed E-state index contributed by atoms with van der Waals surface area (Å²) >= 11 is 0. The van der Waals surface area contributed by atoms with Crippen LogP contribution in [0.1, 0.15) is 174 Å². The summed E-state index contributed by atoms with van der Waals surface area (Å²) in [6.45, 7) is 5.43. The van der Waals surface area contributed by atoms with Gasteiger partial charge in [-0.25, -0.2) is 0 Å². The fourth-order valence-electron chi connectivity index (χ4n) is 4.70. The van der Waals surface area contributed by atoms with Crippen LogP contribution in [0.5, 0.6) is 0 Å². The van der Waals surface area contributed by atoms with Crippen molar-refractivity contribution in [2.24, 2.45) is 0 Å². The van der Waals surface area contributed by atoms with Crippen molar-refractivity contribution in [3.05, 3.63) is 0 Å². The molecular weight excluding hydrogens is 462 g/mol. The van der Waals surface area contributed by atoms with Crippen molar-refractivity contribution in [3.63, 3.8) is 0 Å². The number of rotatable bonds is 29. The standard InChI is InChI=1S/C16H35NO2.C16H32O2/c1-2-3-4-5-6-7-8-9-10-11-12-16(15-19)17-13-14-18;1-2-3-4-5-6-7-8-9-10-11-12-13-14-15-16(17)18/h16-19H,2-15H2,1H3;2-15H2,1H3,(H,17,18). The molecule has 0 aliphatic rings. The Hall–Kier alpha value is -0.650. The molecule has 37 heavy (non-hydrogen) atoms. The molecule has 0 aromatic heterocycles. The van der Waals surface area contributed by atoms with Gasteiger partial charge in [0.05, 0.1) is 13.2 Å². The van der Waals surface area contributed by atoms with Crippen molar-refractivity contribution in [2.75, 3.05) is 19.8 Å². The van der Waals surface area contributed by atoms with E-state index in [1.165, 1.54) is 135 Å². The Morgan fingerprint density at radius 1 is 0.568 bits per heavy atom. The van der Waals surface area contributed by atoms with E-state index in [4.69, 9.17) is 15.3 Å². The number of hydrogen-bond acceptors (Lipinski definition) is 4. The lowest BCUT2D eigenvalue weighted by Gasteiger charge is -2.15. The lowest BCUT2D eigenvalue weighted by Crippen LogP contribution is -2.34. The minimum Gasteiger partial charge on any atom is -0.481 e. The van der Waals surface area contributed by atoms with Crippen LogP contribution in [0.15, 0.2) is 0 Å². The zero-order valence-electron chi connectivity index (χ0n) is 25.1. The molecule has 0 amide bonds. The Labute approximate surface area is 231 Å². The molecule has 0 aromatic rings. The summed E-state index contributed by atoms with van der Waals surface area (Å²) in [6, 6.07) is 0.168. The van der Waals surface area contributed by atoms with Crippen LogP contribution in [0.4, 0.5) is 0 Å². The smallest absolute Gasteiger partial charge is 0.303 e. The molecule has 224 valence electrons. The average Bonchev–Trinajstić information content (AvgIpc) is 2.90. The summed E-state index contributed by atoms with van der Waals surface area (Å²) in [5.74, 6) is -0.655. The second-order valence-electron chi connectivity index (χ2n) is 10.9. The Morgan fingerprint density at radius 3 is 1.24 bits per heavy atom. The van der Waals surface area contributed by atoms with Gasteiger partial charge in [-0.3, -0.25) is 4.79 Å². The third kappa shape index (κ3) is 37.6. The topological polar surface area (TPSA) is 89.8 Å². The van der Waals surface area contributed by atoms with E-state index < -0.39 is 5.97 Å². The highest BCUT2D eigenvalue weighted by Crippen LogP contribution is 2.13. The first-order chi connectivity index (χ1) is 18.1. The summed E-state index contributed by atoms with van der Waals surface area (Å²) in [5, 5.41) is 29.5. The van der Waals surface area contributed by atoms with Crippen LogP contribution in [0.25, 0.3) is 0 Å². The van der Waals surface area contributed by atoms with Gasteiger partial charge in [-0.2, -0.15) is 0 Å². The largest absolute Gasteiger partial charge is 0.481 e. The Balaban J connectivity index is 0. The first-order valence-corrected chi connectivity index (χ1v) is 16.3. The van der Waals surface area contributed by atoms with Crippen LogP contribution in [-0.4, -0.2) is 47.1 Å². The Kier molecular flexibility index (Phi) is 36.8. The van der Waals surface area contributed by atoms with Gasteiger partial charge >= 0.3 is 5.97 Å². The van der Waals surface area contributed by atoms with E-state index in [2.05, 4.69) is 19.2 Å². The van der Waals surface area contributed by atoms with Crippen LogP contribution in [0.2, 0.25) is 0 Å². The minimum atomic E-state index is -0.655. The van der Waals surface area contributed by atoms with Crippen molar-refractivity contribution < 1.29 is 20.1 Å². The van der Waals surface area contributed by atoms with E-state index in [0.717, 1.165) is 19.3 Å². The van der Waals surface area contributed by atoms with Gasteiger partial charge in [-0.15, -0.1) is 0 Å². The van der Waals surface area contributed by atoms with Gasteiger partial charge in [-0.1, -0.05) is 155 Å². The number of carboxylic acids is 1. The zero-order chi connectivity index (χ0) is 27.7. The summed E-state index contributed by atoms with van der Waals surface area (Å²) in [5.41, 5.74) is 0. The lowest BCUT2D eigenvalue weighted by molar-refractivity contribution is -0.137. The molecule has 5 nitrogen and oxygen atoms in total. The average molecular weight is 530 g/mol. The molecule has 4 N–H and O–H groups in total. The van der Waals surface area contributed by atoms with E-state index in [1.54, 1.807) is 0 Å². The lowest BCUT2D eigenvalue weighted by atomic mass is 10.0. The molecule has 0 aromatic carbocycles. The predicted molar refractivity (Wildman–Crippen MR) is 160 cm³/mol. The number of hydrogen-bond donors (Lipinski definition) is 4. The van der Waals surface area contributed by atoms with Crippen LogP contribution >= 0.6 is 0 Å². The van der Waals surface area contributed by atoms with Crippen molar-refractivity contribution >= 4 is 5.97 Å². The second kappa shape index (κ2) is 35.4. The second-order valence-corrected chi connectivity index (χ2v) is 10.9. The fraction of sp³-hybridized carbons (Fsp3) is 0.969. The van der Waals surface area contributed by atoms with Crippen molar-refractivity contribution in [2.45, 2.75) is 180 Å². The van der Waals surface area contributed by atoms with Gasteiger partial charge in [0.15, 0.2) is 0 Å². The number of unbranched alkanes of at least 4 members (excludes halogenated alkanes) is 21. The van der Waals surface area contributed by atoms with Gasteiger partial charge in [0.25, 0.3) is 0 Å². The number of aliphatic hydroxyl groups is 2. The minimum absolute atomic E-state index is 0.147. The summed E-state index contributed by atoms with van der Waals surface area (Å²) < 4.78 is 0. The van der Waals surface area contributed by atoms with E-state index in [-0.39, 0.29) is 19.3 Å². The molecule has 0 aliphatic carbocycles. The number of aliphatic carboxylic acids is 1. The number of aliphatic hydroxyl groups excluding tert-OH is 2. The predicted octanol–water partition coefficient (Wildman–Crippen LogP) is 8.79. The van der Waals surface area contributed by atoms with Crippen LogP contribution in [0, 0.1) is 0 Å². The van der Waals surface area contributed by atoms with E-state index in [9.17, 15) is 4.79 Å². The molecular formula is C32H67NO4. The molecule has 1 unspecified atom stereocenters. The van der Waals surface area contributed by atoms with Gasteiger partial charge in [0, 0.05) is 19.0 Å². The molecule has 0 saturated heterocycles. The first-order valence-electron chi connectivity index (χ1n) is 16.3. The SMILES string of the molecule is CCCCCCCCCCCCC(CO)NCCO.CCCCCCCCCCCCCCCC(=O)O. The van der Waals surface area contributed by atoms with E-state index in [0.29, 0.717) is 13.0 Å². The number of carbonyl (C=O) groups is 1. The summed E-state index contributed by atoms with van der Waals surface area (Å²) in [6.07, 6.45) is 31.8. The molecule has 0 spiro atoms. The maximum absolute atomic E-state index is 10.3. The highest BCUT2D eigenvalue weighted by molar-refractivity contribution is 5.66. The normalized spacial score (nSPS) is 11.8. The third-order valence-corrected chi connectivity index (χ3v) is 7.17. The Bertz CT molecular complexity index is 420. The summed E-state index contributed by atoms with van der Waals surface area (Å²) in [7, 11) is 0. The maximum Gasteiger partial charge on any atom is 0.303 e. The van der Waals surface area contributed by atoms with Gasteiger partial charge in [0.2, 0.25) is 0 Å². The van der Waals surface area contributed by atoms with Crippen molar-refractivity contribution in [1.29, 1.82) is 0 Å². The van der Waals surface area contributed by atoms with Gasteiger partial charge in [0.1, 0.15) is 0 Å².